The van der Waals surface area contributed by atoms with Crippen molar-refractivity contribution in [3.63, 3.8) is 0 Å². The highest BCUT2D eigenvalue weighted by Crippen LogP contribution is 2.34. The van der Waals surface area contributed by atoms with Gasteiger partial charge in [-0.2, -0.15) is 0 Å². The average Bonchev–Trinajstić information content (AvgIpc) is 0.780. The molecule has 17 unspecified atom stereocenters. The van der Waals surface area contributed by atoms with Crippen molar-refractivity contribution in [3.8, 4) is 0 Å². The van der Waals surface area contributed by atoms with Gasteiger partial charge in [0.1, 0.15) is 73.2 Å². The zero-order chi connectivity index (χ0) is 81.7. The number of carbonyl (C=O) groups is 1. The molecule has 3 fully saturated rings. The summed E-state index contributed by atoms with van der Waals surface area (Å²) in [5.41, 5.74) is 0. The fraction of sp³-hybridized carbons (Fsp3) is 0.883. The Balaban J connectivity index is 1.31. The summed E-state index contributed by atoms with van der Waals surface area (Å²) in [4.78, 5) is 13.5. The molecular weight excluding hydrogens is 1430 g/mol. The summed E-state index contributed by atoms with van der Waals surface area (Å²) in [6.45, 7) is 1.76. The number of hydrogen-bond acceptors (Lipinski definition) is 18. The molecule has 0 saturated carbocycles. The van der Waals surface area contributed by atoms with E-state index in [0.717, 1.165) is 51.4 Å². The Morgan fingerprint density at radius 3 is 0.938 bits per heavy atom. The first-order valence-corrected chi connectivity index (χ1v) is 47.0. The number of allylic oxidation sites excluding steroid dienone is 9. The Morgan fingerprint density at radius 2 is 0.593 bits per heavy atom. The monoisotopic (exact) mass is 1600 g/mol. The number of aliphatic hydroxyl groups excluding tert-OH is 11. The Hall–Kier alpha value is -2.51. The van der Waals surface area contributed by atoms with Crippen LogP contribution in [0, 0.1) is 0 Å². The maximum atomic E-state index is 13.5. The lowest BCUT2D eigenvalue weighted by atomic mass is 9.96. The second kappa shape index (κ2) is 73.4. The SMILES string of the molecule is CCCCCCC/C=C\C/C=C\CCCCCCCCCCCCCCCCCCCCCCCCCCCCCC(=O)NC(COC1OC(CO)C(OC2OC(CO)C(OC3OC(CO)C(O)C(O)C3O)C(O)C2O)C(O)C1O)C(O)/C=C/CC/C=C/CC/C=C/CCCCCCCCCCCCCCCCCCCCC. The van der Waals surface area contributed by atoms with Gasteiger partial charge in [0.2, 0.25) is 5.91 Å². The van der Waals surface area contributed by atoms with E-state index in [1.54, 1.807) is 6.08 Å². The van der Waals surface area contributed by atoms with E-state index in [1.807, 2.05) is 6.08 Å². The molecule has 3 saturated heterocycles. The lowest BCUT2D eigenvalue weighted by molar-refractivity contribution is -0.379. The van der Waals surface area contributed by atoms with Crippen LogP contribution in [-0.2, 0) is 33.2 Å². The summed E-state index contributed by atoms with van der Waals surface area (Å²) >= 11 is 0. The van der Waals surface area contributed by atoms with E-state index in [-0.39, 0.29) is 18.9 Å². The van der Waals surface area contributed by atoms with Crippen molar-refractivity contribution in [2.75, 3.05) is 26.4 Å². The number of ether oxygens (including phenoxy) is 6. The lowest BCUT2D eigenvalue weighted by Gasteiger charge is -2.48. The van der Waals surface area contributed by atoms with Crippen molar-refractivity contribution < 1.29 is 89.4 Å². The van der Waals surface area contributed by atoms with Crippen LogP contribution in [0.25, 0.3) is 0 Å². The number of aliphatic hydroxyl groups is 11. The van der Waals surface area contributed by atoms with Gasteiger partial charge in [-0.15, -0.1) is 0 Å². The second-order valence-electron chi connectivity index (χ2n) is 33.5. The second-order valence-corrected chi connectivity index (χ2v) is 33.5. The van der Waals surface area contributed by atoms with E-state index in [2.05, 4.69) is 67.8 Å². The predicted molar refractivity (Wildman–Crippen MR) is 457 cm³/mol. The summed E-state index contributed by atoms with van der Waals surface area (Å²) in [6.07, 6.45) is 71.1. The van der Waals surface area contributed by atoms with Crippen molar-refractivity contribution >= 4 is 5.91 Å². The Morgan fingerprint density at radius 1 is 0.319 bits per heavy atom. The summed E-state index contributed by atoms with van der Waals surface area (Å²) < 4.78 is 34.5. The molecule has 12 N–H and O–H groups in total. The van der Waals surface area contributed by atoms with Crippen molar-refractivity contribution in [1.29, 1.82) is 0 Å². The maximum Gasteiger partial charge on any atom is 0.220 e. The summed E-state index contributed by atoms with van der Waals surface area (Å²) in [6, 6.07) is -0.999. The van der Waals surface area contributed by atoms with Crippen LogP contribution in [-0.4, -0.2) is 193 Å². The summed E-state index contributed by atoms with van der Waals surface area (Å²) in [5, 5.41) is 121. The number of nitrogens with one attached hydrogen (secondary N) is 1. The first-order chi connectivity index (χ1) is 55.3. The average molecular weight is 1610 g/mol. The Labute approximate surface area is 687 Å². The third-order valence-electron chi connectivity index (χ3n) is 23.3. The molecule has 3 aliphatic heterocycles. The van der Waals surface area contributed by atoms with E-state index in [1.165, 1.54) is 315 Å². The van der Waals surface area contributed by atoms with Crippen LogP contribution in [0.4, 0.5) is 0 Å². The lowest BCUT2D eigenvalue weighted by Crippen LogP contribution is -2.66. The van der Waals surface area contributed by atoms with Gasteiger partial charge in [-0.05, 0) is 77.0 Å². The summed E-state index contributed by atoms with van der Waals surface area (Å²) in [7, 11) is 0. The molecular formula is C94H173NO18. The van der Waals surface area contributed by atoms with Gasteiger partial charge in [0.05, 0.1) is 38.6 Å². The molecule has 0 radical (unpaired) electrons. The molecule has 3 aliphatic rings. The van der Waals surface area contributed by atoms with E-state index in [9.17, 15) is 61.0 Å². The highest BCUT2D eigenvalue weighted by atomic mass is 16.8. The Kier molecular flexibility index (Phi) is 68.0. The Bertz CT molecular complexity index is 2270. The van der Waals surface area contributed by atoms with E-state index in [4.69, 9.17) is 28.4 Å². The van der Waals surface area contributed by atoms with Crippen molar-refractivity contribution in [2.24, 2.45) is 0 Å². The molecule has 19 nitrogen and oxygen atoms in total. The smallest absolute Gasteiger partial charge is 0.220 e. The molecule has 0 bridgehead atoms. The fourth-order valence-corrected chi connectivity index (χ4v) is 15.8. The van der Waals surface area contributed by atoms with Crippen LogP contribution in [0.3, 0.4) is 0 Å². The zero-order valence-corrected chi connectivity index (χ0v) is 71.6. The van der Waals surface area contributed by atoms with Crippen LogP contribution >= 0.6 is 0 Å². The van der Waals surface area contributed by atoms with Crippen LogP contribution < -0.4 is 5.32 Å². The quantitative estimate of drug-likeness (QED) is 0.0199. The largest absolute Gasteiger partial charge is 0.394 e. The van der Waals surface area contributed by atoms with Gasteiger partial charge in [0, 0.05) is 6.42 Å². The molecule has 0 aromatic rings. The minimum absolute atomic E-state index is 0.235. The standard InChI is InChI=1S/C94H173NO18/c1-3-5-7-9-11-13-15-17-19-21-23-25-27-29-31-33-34-35-36-37-38-39-40-41-42-44-46-48-50-52-54-56-58-60-62-64-66-68-70-72-82(100)95-77(78(99)71-69-67-65-63-61-59-57-55-53-51-49-47-45-43-32-30-28-26-24-22-20-18-16-14-12-10-8-6-4-2)76-108-92-88(106)85(103)90(80(74-97)110-92)113-94-89(107)86(104)91(81(75-98)111-94)112-93-87(105)84(102)83(101)79(73-96)109-93/h15,17,21,23,53,55,61,63,69,71,77-81,83-94,96-99,101-107H,3-14,16,18-20,22,24-52,54,56-60,62,64-68,70,72-76H2,1-2H3,(H,95,100)/b17-15-,23-21-,55-53+,63-61+,71-69+. The topological polar surface area (TPSA) is 307 Å². The number of rotatable bonds is 77. The molecule has 0 aromatic carbocycles. The molecule has 19 heteroatoms. The summed E-state index contributed by atoms with van der Waals surface area (Å²) in [5.74, 6) is -0.282. The first-order valence-electron chi connectivity index (χ1n) is 47.0. The molecule has 0 aromatic heterocycles. The van der Waals surface area contributed by atoms with E-state index in [0.29, 0.717) is 12.8 Å². The van der Waals surface area contributed by atoms with Gasteiger partial charge in [-0.1, -0.05) is 376 Å². The molecule has 662 valence electrons. The van der Waals surface area contributed by atoms with E-state index >= 15 is 0 Å². The number of carbonyl (C=O) groups excluding carboxylic acids is 1. The molecule has 0 spiro atoms. The fourth-order valence-electron chi connectivity index (χ4n) is 15.8. The molecule has 3 heterocycles. The molecule has 1 amide bonds. The third kappa shape index (κ3) is 51.7. The van der Waals surface area contributed by atoms with Gasteiger partial charge in [0.25, 0.3) is 0 Å². The molecule has 3 rings (SSSR count). The van der Waals surface area contributed by atoms with Crippen molar-refractivity contribution in [3.05, 3.63) is 60.8 Å². The van der Waals surface area contributed by atoms with Gasteiger partial charge in [-0.25, -0.2) is 0 Å². The van der Waals surface area contributed by atoms with Gasteiger partial charge in [0.15, 0.2) is 18.9 Å². The number of hydrogen-bond donors (Lipinski definition) is 12. The minimum Gasteiger partial charge on any atom is -0.394 e. The molecule has 0 aliphatic carbocycles. The number of unbranched alkanes of at least 4 members (excludes halogenated alkanes) is 53. The van der Waals surface area contributed by atoms with Gasteiger partial charge in [-0.3, -0.25) is 4.79 Å². The molecule has 113 heavy (non-hydrogen) atoms. The third-order valence-corrected chi connectivity index (χ3v) is 23.3. The highest BCUT2D eigenvalue weighted by molar-refractivity contribution is 5.76. The first kappa shape index (κ1) is 105. The van der Waals surface area contributed by atoms with Crippen LogP contribution in [0.2, 0.25) is 0 Å². The predicted octanol–water partition coefficient (Wildman–Crippen LogP) is 18.5. The van der Waals surface area contributed by atoms with Crippen LogP contribution in [0.5, 0.6) is 0 Å². The van der Waals surface area contributed by atoms with Crippen molar-refractivity contribution in [2.45, 2.75) is 503 Å². The van der Waals surface area contributed by atoms with E-state index < -0.39 is 124 Å². The van der Waals surface area contributed by atoms with Gasteiger partial charge >= 0.3 is 0 Å². The van der Waals surface area contributed by atoms with Crippen molar-refractivity contribution in [1.82, 2.24) is 5.32 Å². The normalized spacial score (nSPS) is 25.1. The number of amides is 1. The highest BCUT2D eigenvalue weighted by Gasteiger charge is 2.54. The maximum absolute atomic E-state index is 13.5. The van der Waals surface area contributed by atoms with Crippen LogP contribution in [0.1, 0.15) is 399 Å². The van der Waals surface area contributed by atoms with Gasteiger partial charge < -0.3 is 89.9 Å². The minimum atomic E-state index is -1.98. The molecule has 17 atom stereocenters. The zero-order valence-electron chi connectivity index (χ0n) is 71.6. The van der Waals surface area contributed by atoms with Crippen LogP contribution in [0.15, 0.2) is 60.8 Å².